The number of carboxylic acid groups (broad SMARTS) is 1. The predicted octanol–water partition coefficient (Wildman–Crippen LogP) is 2.52. The molecule has 3 rings (SSSR count). The van der Waals surface area contributed by atoms with Gasteiger partial charge in [0.15, 0.2) is 0 Å². The summed E-state index contributed by atoms with van der Waals surface area (Å²) in [7, 11) is 0. The molecule has 0 saturated carbocycles. The van der Waals surface area contributed by atoms with Crippen LogP contribution in [0.2, 0.25) is 0 Å². The SMILES string of the molecule is CC1OCCC1Nc1c(C(=O)O)cnc2ccccc12. The highest BCUT2D eigenvalue weighted by atomic mass is 16.5. The third kappa shape index (κ3) is 2.20. The number of pyridine rings is 1. The number of aromatic carboxylic acids is 1. The first kappa shape index (κ1) is 12.9. The number of aromatic nitrogens is 1. The molecule has 2 N–H and O–H groups in total. The lowest BCUT2D eigenvalue weighted by Crippen LogP contribution is -2.27. The number of ether oxygens (including phenoxy) is 1. The van der Waals surface area contributed by atoms with Crippen LogP contribution in [0.1, 0.15) is 23.7 Å². The van der Waals surface area contributed by atoms with Gasteiger partial charge in [0.2, 0.25) is 0 Å². The second kappa shape index (κ2) is 5.09. The van der Waals surface area contributed by atoms with Crippen molar-refractivity contribution in [3.63, 3.8) is 0 Å². The number of nitrogens with one attached hydrogen (secondary N) is 1. The molecule has 2 aromatic rings. The molecule has 1 aromatic carbocycles. The molecular formula is C15H16N2O3. The summed E-state index contributed by atoms with van der Waals surface area (Å²) in [4.78, 5) is 15.6. The van der Waals surface area contributed by atoms with Gasteiger partial charge >= 0.3 is 5.97 Å². The smallest absolute Gasteiger partial charge is 0.339 e. The molecule has 20 heavy (non-hydrogen) atoms. The maximum Gasteiger partial charge on any atom is 0.339 e. The molecule has 2 heterocycles. The van der Waals surface area contributed by atoms with Gasteiger partial charge in [-0.1, -0.05) is 18.2 Å². The Bertz CT molecular complexity index is 657. The van der Waals surface area contributed by atoms with Crippen molar-refractivity contribution in [1.82, 2.24) is 4.98 Å². The number of carbonyl (C=O) groups is 1. The molecule has 0 spiro atoms. The summed E-state index contributed by atoms with van der Waals surface area (Å²) < 4.78 is 5.52. The van der Waals surface area contributed by atoms with E-state index < -0.39 is 5.97 Å². The molecule has 0 amide bonds. The second-order valence-electron chi connectivity index (χ2n) is 4.98. The summed E-state index contributed by atoms with van der Waals surface area (Å²) in [6.07, 6.45) is 2.35. The van der Waals surface area contributed by atoms with Crippen molar-refractivity contribution in [1.29, 1.82) is 0 Å². The molecular weight excluding hydrogens is 256 g/mol. The van der Waals surface area contributed by atoms with Gasteiger partial charge < -0.3 is 15.2 Å². The van der Waals surface area contributed by atoms with Crippen LogP contribution in [0.25, 0.3) is 10.9 Å². The number of para-hydroxylation sites is 1. The molecule has 1 saturated heterocycles. The Kier molecular flexibility index (Phi) is 3.28. The molecule has 5 nitrogen and oxygen atoms in total. The van der Waals surface area contributed by atoms with Gasteiger partial charge in [-0.25, -0.2) is 4.79 Å². The summed E-state index contributed by atoms with van der Waals surface area (Å²) in [5, 5.41) is 13.5. The fraction of sp³-hybridized carbons (Fsp3) is 0.333. The standard InChI is InChI=1S/C15H16N2O3/c1-9-12(6-7-20-9)17-14-10-4-2-3-5-13(10)16-8-11(14)15(18)19/h2-5,8-9,12H,6-7H2,1H3,(H,16,17)(H,18,19). The molecule has 5 heteroatoms. The van der Waals surface area contributed by atoms with E-state index in [0.717, 1.165) is 17.3 Å². The summed E-state index contributed by atoms with van der Waals surface area (Å²) in [6, 6.07) is 7.66. The summed E-state index contributed by atoms with van der Waals surface area (Å²) >= 11 is 0. The average Bonchev–Trinajstić information content (AvgIpc) is 2.84. The highest BCUT2D eigenvalue weighted by Gasteiger charge is 2.26. The highest BCUT2D eigenvalue weighted by Crippen LogP contribution is 2.29. The first-order valence-electron chi connectivity index (χ1n) is 6.66. The monoisotopic (exact) mass is 272 g/mol. The van der Waals surface area contributed by atoms with Crippen molar-refractivity contribution in [3.05, 3.63) is 36.0 Å². The van der Waals surface area contributed by atoms with Gasteiger partial charge in [-0.2, -0.15) is 0 Å². The van der Waals surface area contributed by atoms with E-state index in [0.29, 0.717) is 12.3 Å². The fourth-order valence-corrected chi connectivity index (χ4v) is 2.57. The molecule has 0 radical (unpaired) electrons. The van der Waals surface area contributed by atoms with Crippen molar-refractivity contribution in [2.75, 3.05) is 11.9 Å². The molecule has 104 valence electrons. The number of nitrogens with zero attached hydrogens (tertiary/aromatic N) is 1. The zero-order chi connectivity index (χ0) is 14.1. The number of hydrogen-bond donors (Lipinski definition) is 2. The lowest BCUT2D eigenvalue weighted by Gasteiger charge is -2.20. The van der Waals surface area contributed by atoms with Crippen LogP contribution >= 0.6 is 0 Å². The van der Waals surface area contributed by atoms with Gasteiger partial charge in [-0.15, -0.1) is 0 Å². The van der Waals surface area contributed by atoms with Crippen molar-refractivity contribution >= 4 is 22.6 Å². The van der Waals surface area contributed by atoms with Crippen LogP contribution in [0.3, 0.4) is 0 Å². The molecule has 1 aliphatic heterocycles. The van der Waals surface area contributed by atoms with Crippen LogP contribution in [0.15, 0.2) is 30.5 Å². The van der Waals surface area contributed by atoms with Crippen molar-refractivity contribution in [3.8, 4) is 0 Å². The molecule has 2 unspecified atom stereocenters. The third-order valence-corrected chi connectivity index (χ3v) is 3.71. The van der Waals surface area contributed by atoms with Gasteiger partial charge in [0, 0.05) is 18.2 Å². The number of hydrogen-bond acceptors (Lipinski definition) is 4. The summed E-state index contributed by atoms with van der Waals surface area (Å²) in [6.45, 7) is 2.69. The normalized spacial score (nSPS) is 22.1. The Balaban J connectivity index is 2.09. The third-order valence-electron chi connectivity index (χ3n) is 3.71. The Labute approximate surface area is 116 Å². The minimum Gasteiger partial charge on any atom is -0.478 e. The Morgan fingerprint density at radius 3 is 2.95 bits per heavy atom. The van der Waals surface area contributed by atoms with Crippen molar-refractivity contribution in [2.45, 2.75) is 25.5 Å². The summed E-state index contributed by atoms with van der Waals surface area (Å²) in [5.74, 6) is -0.975. The van der Waals surface area contributed by atoms with E-state index in [2.05, 4.69) is 10.3 Å². The van der Waals surface area contributed by atoms with Gasteiger partial charge in [0.05, 0.1) is 23.3 Å². The number of rotatable bonds is 3. The molecule has 1 aromatic heterocycles. The first-order chi connectivity index (χ1) is 9.66. The number of anilines is 1. The van der Waals surface area contributed by atoms with Gasteiger partial charge in [0.25, 0.3) is 0 Å². The van der Waals surface area contributed by atoms with Crippen LogP contribution in [-0.4, -0.2) is 34.8 Å². The van der Waals surface area contributed by atoms with Gasteiger partial charge in [-0.3, -0.25) is 4.98 Å². The Morgan fingerprint density at radius 1 is 1.45 bits per heavy atom. The van der Waals surface area contributed by atoms with Crippen molar-refractivity contribution in [2.24, 2.45) is 0 Å². The molecule has 0 bridgehead atoms. The topological polar surface area (TPSA) is 71.5 Å². The van der Waals surface area contributed by atoms with E-state index >= 15 is 0 Å². The van der Waals surface area contributed by atoms with Crippen LogP contribution in [0.4, 0.5) is 5.69 Å². The maximum absolute atomic E-state index is 11.4. The van der Waals surface area contributed by atoms with Crippen LogP contribution in [0.5, 0.6) is 0 Å². The minimum absolute atomic E-state index is 0.0728. The maximum atomic E-state index is 11.4. The van der Waals surface area contributed by atoms with E-state index in [9.17, 15) is 9.90 Å². The van der Waals surface area contributed by atoms with Crippen LogP contribution in [-0.2, 0) is 4.74 Å². The van der Waals surface area contributed by atoms with Crippen LogP contribution < -0.4 is 5.32 Å². The van der Waals surface area contributed by atoms with E-state index in [1.54, 1.807) is 0 Å². The Morgan fingerprint density at radius 2 is 2.25 bits per heavy atom. The zero-order valence-electron chi connectivity index (χ0n) is 11.2. The van der Waals surface area contributed by atoms with Gasteiger partial charge in [-0.05, 0) is 19.4 Å². The van der Waals surface area contributed by atoms with E-state index in [-0.39, 0.29) is 17.7 Å². The van der Waals surface area contributed by atoms with Gasteiger partial charge in [0.1, 0.15) is 5.56 Å². The van der Waals surface area contributed by atoms with Crippen molar-refractivity contribution < 1.29 is 14.6 Å². The quantitative estimate of drug-likeness (QED) is 0.898. The largest absolute Gasteiger partial charge is 0.478 e. The lowest BCUT2D eigenvalue weighted by atomic mass is 10.1. The minimum atomic E-state index is -0.975. The summed E-state index contributed by atoms with van der Waals surface area (Å²) in [5.41, 5.74) is 1.61. The predicted molar refractivity (Wildman–Crippen MR) is 76.1 cm³/mol. The molecule has 1 aliphatic rings. The number of carboxylic acids is 1. The second-order valence-corrected chi connectivity index (χ2v) is 4.98. The Hall–Kier alpha value is -2.14. The number of benzene rings is 1. The van der Waals surface area contributed by atoms with E-state index in [1.807, 2.05) is 31.2 Å². The lowest BCUT2D eigenvalue weighted by molar-refractivity contribution is 0.0697. The zero-order valence-corrected chi connectivity index (χ0v) is 11.2. The fourth-order valence-electron chi connectivity index (χ4n) is 2.57. The number of fused-ring (bicyclic) bond motifs is 1. The first-order valence-corrected chi connectivity index (χ1v) is 6.66. The molecule has 2 atom stereocenters. The highest BCUT2D eigenvalue weighted by molar-refractivity contribution is 6.04. The molecule has 0 aliphatic carbocycles. The van der Waals surface area contributed by atoms with E-state index in [4.69, 9.17) is 4.74 Å². The average molecular weight is 272 g/mol. The van der Waals surface area contributed by atoms with E-state index in [1.165, 1.54) is 6.20 Å². The molecule has 1 fully saturated rings. The van der Waals surface area contributed by atoms with Crippen LogP contribution in [0, 0.1) is 0 Å².